The Bertz CT molecular complexity index is 325. The van der Waals surface area contributed by atoms with Crippen molar-refractivity contribution in [3.8, 4) is 0 Å². The fourth-order valence-electron chi connectivity index (χ4n) is 2.25. The van der Waals surface area contributed by atoms with E-state index in [1.54, 1.807) is 4.90 Å². The summed E-state index contributed by atoms with van der Waals surface area (Å²) in [6, 6.07) is -1.17. The molecule has 0 spiro atoms. The Labute approximate surface area is 114 Å². The highest BCUT2D eigenvalue weighted by atomic mass is 16.5. The molecule has 1 aliphatic rings. The number of nitrogens with zero attached hydrogens (tertiary/aromatic N) is 1. The highest BCUT2D eigenvalue weighted by Crippen LogP contribution is 2.13. The molecule has 0 unspecified atom stereocenters. The number of carboxylic acids is 1. The molecule has 4 atom stereocenters. The van der Waals surface area contributed by atoms with Gasteiger partial charge in [0.05, 0.1) is 12.2 Å². The maximum Gasteiger partial charge on any atom is 0.326 e. The van der Waals surface area contributed by atoms with Crippen LogP contribution in [0.4, 0.5) is 4.79 Å². The molecule has 1 rings (SSSR count). The number of ether oxygens (including phenoxy) is 1. The van der Waals surface area contributed by atoms with Crippen LogP contribution in [-0.4, -0.2) is 53.3 Å². The van der Waals surface area contributed by atoms with Crippen molar-refractivity contribution in [2.75, 3.05) is 13.1 Å². The van der Waals surface area contributed by atoms with Gasteiger partial charge in [0.15, 0.2) is 0 Å². The van der Waals surface area contributed by atoms with E-state index in [2.05, 4.69) is 5.32 Å². The number of morpholine rings is 1. The van der Waals surface area contributed by atoms with Crippen LogP contribution in [0.2, 0.25) is 0 Å². The lowest BCUT2D eigenvalue weighted by Gasteiger charge is -2.36. The van der Waals surface area contributed by atoms with E-state index in [4.69, 9.17) is 9.84 Å². The van der Waals surface area contributed by atoms with Crippen LogP contribution >= 0.6 is 0 Å². The zero-order chi connectivity index (χ0) is 14.6. The second-order valence-corrected chi connectivity index (χ2v) is 5.31. The molecule has 1 heterocycles. The Morgan fingerprint density at radius 1 is 1.37 bits per heavy atom. The fourth-order valence-corrected chi connectivity index (χ4v) is 2.25. The quantitative estimate of drug-likeness (QED) is 0.808. The Hall–Kier alpha value is -1.30. The van der Waals surface area contributed by atoms with E-state index in [1.165, 1.54) is 0 Å². The third-order valence-corrected chi connectivity index (χ3v) is 3.46. The van der Waals surface area contributed by atoms with Gasteiger partial charge in [0.1, 0.15) is 6.04 Å². The molecule has 6 heteroatoms. The number of amides is 2. The summed E-state index contributed by atoms with van der Waals surface area (Å²) in [5.74, 6) is -1.09. The number of hydrogen-bond donors (Lipinski definition) is 2. The van der Waals surface area contributed by atoms with Crippen LogP contribution in [0.3, 0.4) is 0 Å². The lowest BCUT2D eigenvalue weighted by molar-refractivity contribution is -0.140. The molecule has 1 aliphatic heterocycles. The monoisotopic (exact) mass is 272 g/mol. The highest BCUT2D eigenvalue weighted by molar-refractivity contribution is 5.82. The summed E-state index contributed by atoms with van der Waals surface area (Å²) in [6.45, 7) is 8.51. The van der Waals surface area contributed by atoms with Crippen molar-refractivity contribution in [2.45, 2.75) is 52.4 Å². The van der Waals surface area contributed by atoms with Gasteiger partial charge < -0.3 is 20.1 Å². The minimum atomic E-state index is -0.989. The number of carbonyl (C=O) groups is 2. The van der Waals surface area contributed by atoms with Gasteiger partial charge in [0.25, 0.3) is 0 Å². The summed E-state index contributed by atoms with van der Waals surface area (Å²) in [6.07, 6.45) is 0.649. The number of urea groups is 1. The number of carboxylic acid groups (broad SMARTS) is 1. The molecule has 0 aromatic carbocycles. The number of nitrogens with one attached hydrogen (secondary N) is 1. The topological polar surface area (TPSA) is 78.9 Å². The molecule has 0 bridgehead atoms. The third kappa shape index (κ3) is 4.38. The maximum absolute atomic E-state index is 12.1. The van der Waals surface area contributed by atoms with Gasteiger partial charge in [-0.15, -0.1) is 0 Å². The van der Waals surface area contributed by atoms with Crippen molar-refractivity contribution in [2.24, 2.45) is 5.92 Å². The van der Waals surface area contributed by atoms with Crippen molar-refractivity contribution >= 4 is 12.0 Å². The van der Waals surface area contributed by atoms with Gasteiger partial charge in [-0.3, -0.25) is 0 Å². The van der Waals surface area contributed by atoms with Crippen molar-refractivity contribution in [1.29, 1.82) is 0 Å². The molecule has 0 aliphatic carbocycles. The molecule has 2 N–H and O–H groups in total. The number of rotatable bonds is 4. The van der Waals surface area contributed by atoms with Gasteiger partial charge in [0.2, 0.25) is 0 Å². The minimum Gasteiger partial charge on any atom is -0.480 e. The van der Waals surface area contributed by atoms with Crippen molar-refractivity contribution in [3.63, 3.8) is 0 Å². The fraction of sp³-hybridized carbons (Fsp3) is 0.846. The first-order valence-corrected chi connectivity index (χ1v) is 6.78. The zero-order valence-electron chi connectivity index (χ0n) is 12.0. The Morgan fingerprint density at radius 3 is 2.32 bits per heavy atom. The van der Waals surface area contributed by atoms with Gasteiger partial charge in [-0.2, -0.15) is 0 Å². The SMILES string of the molecule is CC[C@H](C)[C@H](NC(=O)N1C[C@@H](C)O[C@@H](C)C1)C(=O)O. The first-order chi connectivity index (χ1) is 8.85. The van der Waals surface area contributed by atoms with Gasteiger partial charge in [-0.1, -0.05) is 20.3 Å². The van der Waals surface area contributed by atoms with E-state index in [0.717, 1.165) is 0 Å². The van der Waals surface area contributed by atoms with E-state index in [-0.39, 0.29) is 24.2 Å². The summed E-state index contributed by atoms with van der Waals surface area (Å²) in [5, 5.41) is 11.8. The first-order valence-electron chi connectivity index (χ1n) is 6.78. The molecule has 0 saturated carbocycles. The molecule has 19 heavy (non-hydrogen) atoms. The van der Waals surface area contributed by atoms with Crippen LogP contribution in [0, 0.1) is 5.92 Å². The Morgan fingerprint density at radius 2 is 1.89 bits per heavy atom. The van der Waals surface area contributed by atoms with Crippen LogP contribution < -0.4 is 5.32 Å². The van der Waals surface area contributed by atoms with E-state index in [0.29, 0.717) is 19.5 Å². The number of aliphatic carboxylic acids is 1. The van der Waals surface area contributed by atoms with Gasteiger partial charge in [-0.25, -0.2) is 9.59 Å². The molecular weight excluding hydrogens is 248 g/mol. The summed E-state index contributed by atoms with van der Waals surface area (Å²) in [4.78, 5) is 24.9. The first kappa shape index (κ1) is 15.8. The van der Waals surface area contributed by atoms with Gasteiger partial charge in [-0.05, 0) is 19.8 Å². The zero-order valence-corrected chi connectivity index (χ0v) is 12.0. The molecule has 0 radical (unpaired) electrons. The molecule has 0 aromatic heterocycles. The van der Waals surface area contributed by atoms with E-state index in [1.807, 2.05) is 27.7 Å². The number of carbonyl (C=O) groups excluding carboxylic acids is 1. The summed E-state index contributed by atoms with van der Waals surface area (Å²) in [7, 11) is 0. The summed E-state index contributed by atoms with van der Waals surface area (Å²) in [5.41, 5.74) is 0. The number of hydrogen-bond acceptors (Lipinski definition) is 3. The average molecular weight is 272 g/mol. The van der Waals surface area contributed by atoms with E-state index < -0.39 is 12.0 Å². The van der Waals surface area contributed by atoms with Crippen LogP contribution in [0.25, 0.3) is 0 Å². The highest BCUT2D eigenvalue weighted by Gasteiger charge is 2.30. The molecule has 1 fully saturated rings. The van der Waals surface area contributed by atoms with Crippen LogP contribution in [0.5, 0.6) is 0 Å². The predicted molar refractivity (Wildman–Crippen MR) is 71.0 cm³/mol. The average Bonchev–Trinajstić information content (AvgIpc) is 2.33. The normalized spacial score (nSPS) is 26.6. The van der Waals surface area contributed by atoms with E-state index >= 15 is 0 Å². The Balaban J connectivity index is 2.63. The smallest absolute Gasteiger partial charge is 0.326 e. The maximum atomic E-state index is 12.1. The van der Waals surface area contributed by atoms with Crippen molar-refractivity contribution in [1.82, 2.24) is 10.2 Å². The minimum absolute atomic E-state index is 0.0265. The standard InChI is InChI=1S/C13H24N2O4/c1-5-8(2)11(12(16)17)14-13(18)15-6-9(3)19-10(4)7-15/h8-11H,5-7H2,1-4H3,(H,14,18)(H,16,17)/t8-,9-,10+,11-/m0/s1. The molecule has 6 nitrogen and oxygen atoms in total. The van der Waals surface area contributed by atoms with Gasteiger partial charge >= 0.3 is 12.0 Å². The van der Waals surface area contributed by atoms with Crippen LogP contribution in [-0.2, 0) is 9.53 Å². The second-order valence-electron chi connectivity index (χ2n) is 5.31. The van der Waals surface area contributed by atoms with Crippen molar-refractivity contribution in [3.05, 3.63) is 0 Å². The van der Waals surface area contributed by atoms with E-state index in [9.17, 15) is 9.59 Å². The molecule has 110 valence electrons. The largest absolute Gasteiger partial charge is 0.480 e. The lowest BCUT2D eigenvalue weighted by Crippen LogP contribution is -2.55. The lowest BCUT2D eigenvalue weighted by atomic mass is 9.99. The van der Waals surface area contributed by atoms with Crippen LogP contribution in [0.1, 0.15) is 34.1 Å². The molecule has 0 aromatic rings. The predicted octanol–water partition coefficient (Wildman–Crippen LogP) is 1.30. The molecule has 2 amide bonds. The van der Waals surface area contributed by atoms with Crippen LogP contribution in [0.15, 0.2) is 0 Å². The molecular formula is C13H24N2O4. The van der Waals surface area contributed by atoms with Gasteiger partial charge in [0, 0.05) is 13.1 Å². The summed E-state index contributed by atoms with van der Waals surface area (Å²) >= 11 is 0. The Kier molecular flexibility index (Phi) is 5.60. The third-order valence-electron chi connectivity index (χ3n) is 3.46. The van der Waals surface area contributed by atoms with Crippen molar-refractivity contribution < 1.29 is 19.4 Å². The second kappa shape index (κ2) is 6.75. The summed E-state index contributed by atoms with van der Waals surface area (Å²) < 4.78 is 5.55. The molecule has 1 saturated heterocycles.